The van der Waals surface area contributed by atoms with Gasteiger partial charge in [0, 0.05) is 24.9 Å². The van der Waals surface area contributed by atoms with Crippen LogP contribution in [-0.4, -0.2) is 26.0 Å². The van der Waals surface area contributed by atoms with Gasteiger partial charge in [-0.2, -0.15) is 0 Å². The van der Waals surface area contributed by atoms with Crippen molar-refractivity contribution in [3.63, 3.8) is 0 Å². The standard InChI is InChI=1S/C14H21FN2O.ClH/c1-14(2,10-17-13(18)8-9-16-3)11-6-4-5-7-12(11)15;/h4-7,16H,8-10H2,1-3H3,(H,17,18);1H. The lowest BCUT2D eigenvalue weighted by Crippen LogP contribution is -2.38. The van der Waals surface area contributed by atoms with Gasteiger partial charge >= 0.3 is 0 Å². The molecule has 0 atom stereocenters. The van der Waals surface area contributed by atoms with Crippen LogP contribution in [0.3, 0.4) is 0 Å². The molecule has 0 aliphatic carbocycles. The summed E-state index contributed by atoms with van der Waals surface area (Å²) in [4.78, 5) is 11.5. The fourth-order valence-corrected chi connectivity index (χ4v) is 1.75. The van der Waals surface area contributed by atoms with Crippen molar-refractivity contribution in [1.29, 1.82) is 0 Å². The van der Waals surface area contributed by atoms with Crippen LogP contribution < -0.4 is 10.6 Å². The Morgan fingerprint density at radius 1 is 1.32 bits per heavy atom. The molecule has 0 aliphatic rings. The molecule has 0 saturated carbocycles. The third-order valence-electron chi connectivity index (χ3n) is 2.93. The number of amides is 1. The average Bonchev–Trinajstić information content (AvgIpc) is 2.34. The molecule has 0 fully saturated rings. The Hall–Kier alpha value is -1.13. The molecule has 0 aromatic heterocycles. The summed E-state index contributed by atoms with van der Waals surface area (Å²) < 4.78 is 13.7. The number of nitrogens with one attached hydrogen (secondary N) is 2. The molecule has 3 nitrogen and oxygen atoms in total. The van der Waals surface area contributed by atoms with Gasteiger partial charge in [0.15, 0.2) is 0 Å². The van der Waals surface area contributed by atoms with Crippen LogP contribution in [-0.2, 0) is 10.2 Å². The van der Waals surface area contributed by atoms with Crippen molar-refractivity contribution >= 4 is 18.3 Å². The lowest BCUT2D eigenvalue weighted by molar-refractivity contribution is -0.121. The van der Waals surface area contributed by atoms with Gasteiger partial charge in [-0.1, -0.05) is 32.0 Å². The molecular formula is C14H22ClFN2O. The fourth-order valence-electron chi connectivity index (χ4n) is 1.75. The van der Waals surface area contributed by atoms with E-state index >= 15 is 0 Å². The lowest BCUT2D eigenvalue weighted by Gasteiger charge is -2.26. The molecule has 0 heterocycles. The van der Waals surface area contributed by atoms with Crippen LogP contribution >= 0.6 is 12.4 Å². The summed E-state index contributed by atoms with van der Waals surface area (Å²) in [6.45, 7) is 4.91. The van der Waals surface area contributed by atoms with E-state index in [9.17, 15) is 9.18 Å². The van der Waals surface area contributed by atoms with Crippen molar-refractivity contribution in [3.05, 3.63) is 35.6 Å². The molecule has 0 spiro atoms. The van der Waals surface area contributed by atoms with E-state index < -0.39 is 5.41 Å². The molecule has 1 aromatic carbocycles. The van der Waals surface area contributed by atoms with Crippen molar-refractivity contribution in [2.45, 2.75) is 25.7 Å². The molecule has 0 radical (unpaired) electrons. The molecular weight excluding hydrogens is 267 g/mol. The van der Waals surface area contributed by atoms with Crippen molar-refractivity contribution in [2.24, 2.45) is 0 Å². The van der Waals surface area contributed by atoms with Crippen molar-refractivity contribution < 1.29 is 9.18 Å². The first-order chi connectivity index (χ1) is 8.47. The number of hydrogen-bond donors (Lipinski definition) is 2. The first kappa shape index (κ1) is 17.9. The molecule has 5 heteroatoms. The second-order valence-electron chi connectivity index (χ2n) is 4.99. The number of carbonyl (C=O) groups excluding carboxylic acids is 1. The molecule has 1 amide bonds. The second-order valence-corrected chi connectivity index (χ2v) is 4.99. The minimum Gasteiger partial charge on any atom is -0.355 e. The zero-order valence-electron chi connectivity index (χ0n) is 11.6. The van der Waals surface area contributed by atoms with Gasteiger partial charge in [-0.15, -0.1) is 12.4 Å². The molecule has 2 N–H and O–H groups in total. The van der Waals surface area contributed by atoms with E-state index in [2.05, 4.69) is 10.6 Å². The highest BCUT2D eigenvalue weighted by molar-refractivity contribution is 5.85. The first-order valence-electron chi connectivity index (χ1n) is 6.13. The van der Waals surface area contributed by atoms with Crippen LogP contribution in [0.4, 0.5) is 4.39 Å². The molecule has 1 aromatic rings. The monoisotopic (exact) mass is 288 g/mol. The summed E-state index contributed by atoms with van der Waals surface area (Å²) >= 11 is 0. The second kappa shape index (κ2) is 8.12. The smallest absolute Gasteiger partial charge is 0.221 e. The normalized spacial score (nSPS) is 10.7. The van der Waals surface area contributed by atoms with Crippen LogP contribution in [0.1, 0.15) is 25.8 Å². The number of halogens is 2. The van der Waals surface area contributed by atoms with Crippen LogP contribution in [0.25, 0.3) is 0 Å². The highest BCUT2D eigenvalue weighted by atomic mass is 35.5. The van der Waals surface area contributed by atoms with E-state index in [1.807, 2.05) is 19.9 Å². The van der Waals surface area contributed by atoms with Crippen LogP contribution in [0.5, 0.6) is 0 Å². The maximum absolute atomic E-state index is 13.7. The highest BCUT2D eigenvalue weighted by Crippen LogP contribution is 2.24. The minimum atomic E-state index is -0.416. The first-order valence-corrected chi connectivity index (χ1v) is 6.13. The van der Waals surface area contributed by atoms with E-state index in [0.717, 1.165) is 0 Å². The minimum absolute atomic E-state index is 0. The van der Waals surface area contributed by atoms with E-state index in [1.165, 1.54) is 6.07 Å². The third-order valence-corrected chi connectivity index (χ3v) is 2.93. The molecule has 19 heavy (non-hydrogen) atoms. The topological polar surface area (TPSA) is 41.1 Å². The lowest BCUT2D eigenvalue weighted by atomic mass is 9.84. The summed E-state index contributed by atoms with van der Waals surface area (Å²) in [7, 11) is 1.80. The summed E-state index contributed by atoms with van der Waals surface area (Å²) in [5, 5.41) is 5.75. The predicted octanol–water partition coefficient (Wildman–Crippen LogP) is 2.25. The van der Waals surface area contributed by atoms with Gasteiger partial charge in [0.05, 0.1) is 0 Å². The Kier molecular flexibility index (Phi) is 7.64. The maximum Gasteiger partial charge on any atom is 0.221 e. The summed E-state index contributed by atoms with van der Waals surface area (Å²) in [6, 6.07) is 6.68. The third kappa shape index (κ3) is 5.57. The summed E-state index contributed by atoms with van der Waals surface area (Å²) in [5.74, 6) is -0.249. The summed E-state index contributed by atoms with van der Waals surface area (Å²) in [5.41, 5.74) is 0.208. The summed E-state index contributed by atoms with van der Waals surface area (Å²) in [6.07, 6.45) is 0.434. The zero-order chi connectivity index (χ0) is 13.6. The number of hydrogen-bond acceptors (Lipinski definition) is 2. The Labute approximate surface area is 120 Å². The van der Waals surface area contributed by atoms with Crippen LogP contribution in [0.2, 0.25) is 0 Å². The van der Waals surface area contributed by atoms with Gasteiger partial charge in [0.2, 0.25) is 5.91 Å². The zero-order valence-corrected chi connectivity index (χ0v) is 12.4. The molecule has 0 saturated heterocycles. The fraction of sp³-hybridized carbons (Fsp3) is 0.500. The maximum atomic E-state index is 13.7. The van der Waals surface area contributed by atoms with E-state index in [0.29, 0.717) is 25.1 Å². The van der Waals surface area contributed by atoms with E-state index in [1.54, 1.807) is 19.2 Å². The Balaban J connectivity index is 0.00000324. The SMILES string of the molecule is CNCCC(=O)NCC(C)(C)c1ccccc1F.Cl. The van der Waals surface area contributed by atoms with Gasteiger partial charge < -0.3 is 10.6 Å². The molecule has 0 aliphatic heterocycles. The largest absolute Gasteiger partial charge is 0.355 e. The predicted molar refractivity (Wildman–Crippen MR) is 78.2 cm³/mol. The Morgan fingerprint density at radius 2 is 1.95 bits per heavy atom. The molecule has 1 rings (SSSR count). The van der Waals surface area contributed by atoms with Crippen molar-refractivity contribution in [2.75, 3.05) is 20.1 Å². The Morgan fingerprint density at radius 3 is 2.53 bits per heavy atom. The molecule has 0 unspecified atom stereocenters. The quantitative estimate of drug-likeness (QED) is 0.843. The van der Waals surface area contributed by atoms with Gasteiger partial charge in [-0.25, -0.2) is 4.39 Å². The number of benzene rings is 1. The number of rotatable bonds is 6. The Bertz CT molecular complexity index is 410. The van der Waals surface area contributed by atoms with E-state index in [4.69, 9.17) is 0 Å². The van der Waals surface area contributed by atoms with Gasteiger partial charge in [-0.3, -0.25) is 4.79 Å². The highest BCUT2D eigenvalue weighted by Gasteiger charge is 2.24. The van der Waals surface area contributed by atoms with Gasteiger partial charge in [0.1, 0.15) is 5.82 Å². The molecule has 108 valence electrons. The van der Waals surface area contributed by atoms with Gasteiger partial charge in [-0.05, 0) is 18.7 Å². The van der Waals surface area contributed by atoms with Gasteiger partial charge in [0.25, 0.3) is 0 Å². The van der Waals surface area contributed by atoms with Crippen molar-refractivity contribution in [1.82, 2.24) is 10.6 Å². The van der Waals surface area contributed by atoms with Crippen LogP contribution in [0, 0.1) is 5.82 Å². The average molecular weight is 289 g/mol. The van der Waals surface area contributed by atoms with Crippen molar-refractivity contribution in [3.8, 4) is 0 Å². The van der Waals surface area contributed by atoms with Crippen LogP contribution in [0.15, 0.2) is 24.3 Å². The molecule has 0 bridgehead atoms. The number of carbonyl (C=O) groups is 1. The van der Waals surface area contributed by atoms with E-state index in [-0.39, 0.29) is 24.1 Å².